The van der Waals surface area contributed by atoms with Crippen molar-refractivity contribution in [3.63, 3.8) is 0 Å². The highest BCUT2D eigenvalue weighted by Crippen LogP contribution is 2.28. The molecule has 0 aliphatic heterocycles. The highest BCUT2D eigenvalue weighted by Gasteiger charge is 2.20. The van der Waals surface area contributed by atoms with Gasteiger partial charge in [0.2, 0.25) is 0 Å². The van der Waals surface area contributed by atoms with Crippen LogP contribution in [0.5, 0.6) is 5.75 Å². The smallest absolute Gasteiger partial charge is 0.197 e. The van der Waals surface area contributed by atoms with Crippen LogP contribution in [0.1, 0.15) is 22.8 Å². The minimum absolute atomic E-state index is 0.0519. The van der Waals surface area contributed by atoms with Gasteiger partial charge in [0.15, 0.2) is 17.4 Å². The van der Waals surface area contributed by atoms with Crippen LogP contribution < -0.4 is 4.74 Å². The predicted octanol–water partition coefficient (Wildman–Crippen LogP) is 4.36. The van der Waals surface area contributed by atoms with Gasteiger partial charge in [0, 0.05) is 5.56 Å². The SMILES string of the molecule is CCOc1ccccc1C(=O)c1ccc(F)c(F)c1Br. The van der Waals surface area contributed by atoms with Crippen molar-refractivity contribution in [2.45, 2.75) is 6.92 Å². The van der Waals surface area contributed by atoms with Gasteiger partial charge in [-0.15, -0.1) is 0 Å². The van der Waals surface area contributed by atoms with E-state index in [1.807, 2.05) is 0 Å². The lowest BCUT2D eigenvalue weighted by atomic mass is 10.0. The van der Waals surface area contributed by atoms with Crippen molar-refractivity contribution in [3.05, 3.63) is 63.6 Å². The first-order valence-corrected chi connectivity index (χ1v) is 6.75. The average molecular weight is 341 g/mol. The lowest BCUT2D eigenvalue weighted by Gasteiger charge is -2.10. The lowest BCUT2D eigenvalue weighted by molar-refractivity contribution is 0.103. The summed E-state index contributed by atoms with van der Waals surface area (Å²) in [5.41, 5.74) is 0.358. The second-order valence-electron chi connectivity index (χ2n) is 3.98. The monoisotopic (exact) mass is 340 g/mol. The molecular formula is C15H11BrF2O2. The highest BCUT2D eigenvalue weighted by molar-refractivity contribution is 9.10. The van der Waals surface area contributed by atoms with Gasteiger partial charge in [-0.3, -0.25) is 4.79 Å². The quantitative estimate of drug-likeness (QED) is 0.610. The molecule has 0 fully saturated rings. The molecule has 0 atom stereocenters. The summed E-state index contributed by atoms with van der Waals surface area (Å²) in [6, 6.07) is 8.83. The Bertz CT molecular complexity index is 656. The van der Waals surface area contributed by atoms with Gasteiger partial charge in [-0.1, -0.05) is 12.1 Å². The minimum Gasteiger partial charge on any atom is -0.493 e. The van der Waals surface area contributed by atoms with Crippen LogP contribution in [0, 0.1) is 11.6 Å². The summed E-state index contributed by atoms with van der Waals surface area (Å²) < 4.78 is 31.8. The summed E-state index contributed by atoms with van der Waals surface area (Å²) in [5, 5.41) is 0. The molecule has 0 heterocycles. The Morgan fingerprint density at radius 3 is 2.55 bits per heavy atom. The number of hydrogen-bond donors (Lipinski definition) is 0. The summed E-state index contributed by atoms with van der Waals surface area (Å²) in [6.45, 7) is 2.21. The number of hydrogen-bond acceptors (Lipinski definition) is 2. The number of halogens is 3. The van der Waals surface area contributed by atoms with E-state index in [0.29, 0.717) is 17.9 Å². The molecule has 0 aromatic heterocycles. The zero-order valence-corrected chi connectivity index (χ0v) is 12.2. The fraction of sp³-hybridized carbons (Fsp3) is 0.133. The van der Waals surface area contributed by atoms with Gasteiger partial charge in [-0.2, -0.15) is 0 Å². The maximum atomic E-state index is 13.5. The van der Waals surface area contributed by atoms with Crippen molar-refractivity contribution in [3.8, 4) is 5.75 Å². The fourth-order valence-corrected chi connectivity index (χ4v) is 2.28. The van der Waals surface area contributed by atoms with Crippen molar-refractivity contribution in [2.24, 2.45) is 0 Å². The molecule has 20 heavy (non-hydrogen) atoms. The molecule has 0 bridgehead atoms. The van der Waals surface area contributed by atoms with Crippen molar-refractivity contribution in [1.82, 2.24) is 0 Å². The van der Waals surface area contributed by atoms with E-state index in [0.717, 1.165) is 6.07 Å². The molecule has 0 amide bonds. The largest absolute Gasteiger partial charge is 0.493 e. The van der Waals surface area contributed by atoms with Crippen LogP contribution in [0.15, 0.2) is 40.9 Å². The maximum Gasteiger partial charge on any atom is 0.197 e. The molecule has 104 valence electrons. The first kappa shape index (κ1) is 14.7. The van der Waals surface area contributed by atoms with Gasteiger partial charge in [0.05, 0.1) is 16.6 Å². The molecular weight excluding hydrogens is 330 g/mol. The predicted molar refractivity (Wildman–Crippen MR) is 75.1 cm³/mol. The van der Waals surface area contributed by atoms with Crippen molar-refractivity contribution in [1.29, 1.82) is 0 Å². The van der Waals surface area contributed by atoms with Gasteiger partial charge in [-0.05, 0) is 47.1 Å². The van der Waals surface area contributed by atoms with E-state index in [2.05, 4.69) is 15.9 Å². The van der Waals surface area contributed by atoms with E-state index < -0.39 is 17.4 Å². The first-order valence-electron chi connectivity index (χ1n) is 5.96. The molecule has 0 saturated heterocycles. The third-order valence-electron chi connectivity index (χ3n) is 2.71. The lowest BCUT2D eigenvalue weighted by Crippen LogP contribution is -2.07. The van der Waals surface area contributed by atoms with Gasteiger partial charge < -0.3 is 4.74 Å². The van der Waals surface area contributed by atoms with E-state index in [9.17, 15) is 13.6 Å². The second-order valence-corrected chi connectivity index (χ2v) is 4.77. The molecule has 0 saturated carbocycles. The highest BCUT2D eigenvalue weighted by atomic mass is 79.9. The molecule has 2 rings (SSSR count). The zero-order valence-electron chi connectivity index (χ0n) is 10.6. The molecule has 0 aliphatic rings. The molecule has 2 nitrogen and oxygen atoms in total. The standard InChI is InChI=1S/C15H11BrF2O2/c1-2-20-12-6-4-3-5-9(12)15(19)10-7-8-11(17)14(18)13(10)16/h3-8H,2H2,1H3. The van der Waals surface area contributed by atoms with Crippen molar-refractivity contribution >= 4 is 21.7 Å². The molecule has 2 aromatic rings. The molecule has 5 heteroatoms. The summed E-state index contributed by atoms with van der Waals surface area (Å²) >= 11 is 2.92. The second kappa shape index (κ2) is 6.13. The first-order chi connectivity index (χ1) is 9.56. The molecule has 0 aliphatic carbocycles. The van der Waals surface area contributed by atoms with E-state index in [-0.39, 0.29) is 10.0 Å². The van der Waals surface area contributed by atoms with Gasteiger partial charge in [0.25, 0.3) is 0 Å². The van der Waals surface area contributed by atoms with Crippen LogP contribution >= 0.6 is 15.9 Å². The number of benzene rings is 2. The zero-order chi connectivity index (χ0) is 14.7. The van der Waals surface area contributed by atoms with Crippen LogP contribution in [0.4, 0.5) is 8.78 Å². The van der Waals surface area contributed by atoms with Gasteiger partial charge >= 0.3 is 0 Å². The van der Waals surface area contributed by atoms with E-state index in [1.165, 1.54) is 6.07 Å². The third kappa shape index (κ3) is 2.72. The van der Waals surface area contributed by atoms with Crippen molar-refractivity contribution in [2.75, 3.05) is 6.61 Å². The molecule has 0 spiro atoms. The Hall–Kier alpha value is -1.75. The van der Waals surface area contributed by atoms with Crippen LogP contribution in [0.2, 0.25) is 0 Å². The van der Waals surface area contributed by atoms with Gasteiger partial charge in [0.1, 0.15) is 5.75 Å². The van der Waals surface area contributed by atoms with Gasteiger partial charge in [-0.25, -0.2) is 8.78 Å². The number of ether oxygens (including phenoxy) is 1. The molecule has 2 aromatic carbocycles. The fourth-order valence-electron chi connectivity index (χ4n) is 1.78. The number of carbonyl (C=O) groups excluding carboxylic acids is 1. The van der Waals surface area contributed by atoms with Crippen LogP contribution in [0.25, 0.3) is 0 Å². The summed E-state index contributed by atoms with van der Waals surface area (Å²) in [5.74, 6) is -2.10. The minimum atomic E-state index is -1.08. The average Bonchev–Trinajstić information content (AvgIpc) is 2.45. The Morgan fingerprint density at radius 1 is 1.15 bits per heavy atom. The van der Waals surface area contributed by atoms with Crippen molar-refractivity contribution < 1.29 is 18.3 Å². The number of para-hydroxylation sites is 1. The number of rotatable bonds is 4. The topological polar surface area (TPSA) is 26.3 Å². The summed E-state index contributed by atoms with van der Waals surface area (Å²) in [7, 11) is 0. The van der Waals surface area contributed by atoms with E-state index in [4.69, 9.17) is 4.74 Å². The van der Waals surface area contributed by atoms with Crippen LogP contribution in [-0.4, -0.2) is 12.4 Å². The summed E-state index contributed by atoms with van der Waals surface area (Å²) in [4.78, 5) is 12.4. The van der Waals surface area contributed by atoms with Crippen LogP contribution in [-0.2, 0) is 0 Å². The summed E-state index contributed by atoms with van der Waals surface area (Å²) in [6.07, 6.45) is 0. The Labute approximate surface area is 123 Å². The van der Waals surface area contributed by atoms with Crippen LogP contribution in [0.3, 0.4) is 0 Å². The number of ketones is 1. The molecule has 0 radical (unpaired) electrons. The maximum absolute atomic E-state index is 13.5. The molecule has 0 unspecified atom stereocenters. The normalized spacial score (nSPS) is 10.4. The number of carbonyl (C=O) groups is 1. The molecule has 0 N–H and O–H groups in total. The Balaban J connectivity index is 2.50. The van der Waals surface area contributed by atoms with E-state index in [1.54, 1.807) is 31.2 Å². The Kier molecular flexibility index (Phi) is 4.49. The third-order valence-corrected chi connectivity index (χ3v) is 3.49. The van der Waals surface area contributed by atoms with E-state index >= 15 is 0 Å². The Morgan fingerprint density at radius 2 is 1.85 bits per heavy atom.